The minimum Gasteiger partial charge on any atom is -0.356 e. The van der Waals surface area contributed by atoms with Gasteiger partial charge in [0.05, 0.1) is 12.2 Å². The maximum Gasteiger partial charge on any atom is 0.191 e. The molecule has 0 aliphatic carbocycles. The number of nitrogens with zero attached hydrogens (tertiary/aromatic N) is 3. The lowest BCUT2D eigenvalue weighted by atomic mass is 10.2. The van der Waals surface area contributed by atoms with E-state index in [2.05, 4.69) is 64.4 Å². The third-order valence-corrected chi connectivity index (χ3v) is 5.15. The van der Waals surface area contributed by atoms with Crippen molar-refractivity contribution in [2.45, 2.75) is 47.2 Å². The highest BCUT2D eigenvalue weighted by Gasteiger charge is 2.08. The Morgan fingerprint density at radius 3 is 2.56 bits per heavy atom. The molecule has 140 valence electrons. The first kappa shape index (κ1) is 22.0. The summed E-state index contributed by atoms with van der Waals surface area (Å²) >= 11 is 1.86. The van der Waals surface area contributed by atoms with Crippen LogP contribution in [0.3, 0.4) is 0 Å². The van der Waals surface area contributed by atoms with Gasteiger partial charge in [-0.3, -0.25) is 9.67 Å². The number of hydrogen-bond donors (Lipinski definition) is 2. The van der Waals surface area contributed by atoms with Crippen molar-refractivity contribution in [1.82, 2.24) is 20.4 Å². The topological polar surface area (TPSA) is 54.2 Å². The van der Waals surface area contributed by atoms with Gasteiger partial charge >= 0.3 is 0 Å². The average molecular weight is 475 g/mol. The van der Waals surface area contributed by atoms with E-state index >= 15 is 0 Å². The van der Waals surface area contributed by atoms with Crippen molar-refractivity contribution in [3.8, 4) is 0 Å². The monoisotopic (exact) mass is 475 g/mol. The fourth-order valence-electron chi connectivity index (χ4n) is 2.59. The van der Waals surface area contributed by atoms with E-state index in [1.165, 1.54) is 15.4 Å². The SMILES string of the molecule is CCc1ccc(CNC(=NC)NCC(C)Cn2nc(C)cc2C)s1.I. The van der Waals surface area contributed by atoms with E-state index in [0.717, 1.165) is 37.7 Å². The summed E-state index contributed by atoms with van der Waals surface area (Å²) in [6, 6.07) is 6.51. The molecule has 0 aromatic carbocycles. The predicted octanol–water partition coefficient (Wildman–Crippen LogP) is 3.74. The summed E-state index contributed by atoms with van der Waals surface area (Å²) in [7, 11) is 1.81. The second-order valence-electron chi connectivity index (χ2n) is 6.24. The number of halogens is 1. The Kier molecular flexibility index (Phi) is 9.48. The second kappa shape index (κ2) is 10.8. The van der Waals surface area contributed by atoms with Crippen LogP contribution in [-0.2, 0) is 19.5 Å². The zero-order chi connectivity index (χ0) is 17.5. The normalized spacial score (nSPS) is 12.6. The number of thiophene rings is 1. The molecule has 0 fully saturated rings. The fraction of sp³-hybridized carbons (Fsp3) is 0.556. The molecule has 2 aromatic heterocycles. The first-order chi connectivity index (χ1) is 11.5. The number of rotatable bonds is 7. The van der Waals surface area contributed by atoms with E-state index in [0.29, 0.717) is 5.92 Å². The minimum absolute atomic E-state index is 0. The molecule has 25 heavy (non-hydrogen) atoms. The Labute approximate surface area is 172 Å². The summed E-state index contributed by atoms with van der Waals surface area (Å²) in [5, 5.41) is 11.3. The van der Waals surface area contributed by atoms with Gasteiger partial charge < -0.3 is 10.6 Å². The molecule has 2 aromatic rings. The van der Waals surface area contributed by atoms with Crippen LogP contribution in [-0.4, -0.2) is 29.3 Å². The summed E-state index contributed by atoms with van der Waals surface area (Å²) < 4.78 is 2.08. The van der Waals surface area contributed by atoms with Crippen LogP contribution < -0.4 is 10.6 Å². The average Bonchev–Trinajstić information content (AvgIpc) is 3.14. The zero-order valence-electron chi connectivity index (χ0n) is 15.8. The van der Waals surface area contributed by atoms with Crippen LogP contribution in [0.4, 0.5) is 0 Å². The zero-order valence-corrected chi connectivity index (χ0v) is 18.9. The molecular weight excluding hydrogens is 445 g/mol. The van der Waals surface area contributed by atoms with Crippen LogP contribution in [0, 0.1) is 19.8 Å². The van der Waals surface area contributed by atoms with Crippen molar-refractivity contribution in [2.24, 2.45) is 10.9 Å². The number of hydrogen-bond acceptors (Lipinski definition) is 3. The third kappa shape index (κ3) is 6.97. The smallest absolute Gasteiger partial charge is 0.191 e. The summed E-state index contributed by atoms with van der Waals surface area (Å²) in [6.07, 6.45) is 1.10. The van der Waals surface area contributed by atoms with Crippen LogP contribution in [0.5, 0.6) is 0 Å². The van der Waals surface area contributed by atoms with Crippen LogP contribution >= 0.6 is 35.3 Å². The molecule has 0 bridgehead atoms. The van der Waals surface area contributed by atoms with Gasteiger partial charge in [0.25, 0.3) is 0 Å². The number of aryl methyl sites for hydroxylation is 3. The van der Waals surface area contributed by atoms with Crippen molar-refractivity contribution < 1.29 is 0 Å². The maximum atomic E-state index is 4.53. The molecule has 0 radical (unpaired) electrons. The number of aromatic nitrogens is 2. The highest BCUT2D eigenvalue weighted by molar-refractivity contribution is 14.0. The Morgan fingerprint density at radius 1 is 1.28 bits per heavy atom. The quantitative estimate of drug-likeness (QED) is 0.365. The molecule has 1 unspecified atom stereocenters. The molecule has 0 amide bonds. The summed E-state index contributed by atoms with van der Waals surface area (Å²) in [5.41, 5.74) is 2.29. The van der Waals surface area contributed by atoms with E-state index in [9.17, 15) is 0 Å². The Balaban J connectivity index is 0.00000312. The predicted molar refractivity (Wildman–Crippen MR) is 118 cm³/mol. The van der Waals surface area contributed by atoms with Crippen LogP contribution in [0.25, 0.3) is 0 Å². The van der Waals surface area contributed by atoms with Crippen LogP contribution in [0.2, 0.25) is 0 Å². The van der Waals surface area contributed by atoms with Gasteiger partial charge in [-0.05, 0) is 44.4 Å². The fourth-order valence-corrected chi connectivity index (χ4v) is 3.49. The summed E-state index contributed by atoms with van der Waals surface area (Å²) in [6.45, 7) is 11.1. The lowest BCUT2D eigenvalue weighted by Gasteiger charge is -2.16. The molecule has 2 N–H and O–H groups in total. The van der Waals surface area contributed by atoms with Crippen molar-refractivity contribution in [1.29, 1.82) is 0 Å². The third-order valence-electron chi connectivity index (χ3n) is 3.93. The molecule has 5 nitrogen and oxygen atoms in total. The van der Waals surface area contributed by atoms with Gasteiger partial charge in [0.15, 0.2) is 5.96 Å². The van der Waals surface area contributed by atoms with E-state index in [-0.39, 0.29) is 24.0 Å². The van der Waals surface area contributed by atoms with Gasteiger partial charge in [0, 0.05) is 35.6 Å². The van der Waals surface area contributed by atoms with E-state index < -0.39 is 0 Å². The lowest BCUT2D eigenvalue weighted by Crippen LogP contribution is -2.39. The number of guanidine groups is 1. The van der Waals surface area contributed by atoms with Gasteiger partial charge in [0.2, 0.25) is 0 Å². The summed E-state index contributed by atoms with van der Waals surface area (Å²) in [5.74, 6) is 1.32. The van der Waals surface area contributed by atoms with Crippen molar-refractivity contribution in [3.63, 3.8) is 0 Å². The first-order valence-electron chi connectivity index (χ1n) is 8.55. The molecule has 0 spiro atoms. The lowest BCUT2D eigenvalue weighted by molar-refractivity contribution is 0.436. The molecular formula is C18H30IN5S. The van der Waals surface area contributed by atoms with Crippen LogP contribution in [0.15, 0.2) is 23.2 Å². The molecule has 2 heterocycles. The van der Waals surface area contributed by atoms with Crippen molar-refractivity contribution in [3.05, 3.63) is 39.3 Å². The number of aliphatic imine (C=N–C) groups is 1. The van der Waals surface area contributed by atoms with Gasteiger partial charge in [0.1, 0.15) is 0 Å². The van der Waals surface area contributed by atoms with Crippen LogP contribution in [0.1, 0.15) is 35.0 Å². The molecule has 2 rings (SSSR count). The minimum atomic E-state index is 0. The summed E-state index contributed by atoms with van der Waals surface area (Å²) in [4.78, 5) is 7.07. The highest BCUT2D eigenvalue weighted by atomic mass is 127. The molecule has 1 atom stereocenters. The molecule has 0 aliphatic rings. The standard InChI is InChI=1S/C18H29N5S.HI/c1-6-16-7-8-17(24-16)11-21-18(19-5)20-10-13(2)12-23-15(4)9-14(3)22-23;/h7-9,13H,6,10-12H2,1-5H3,(H2,19,20,21);1H. The Hall–Kier alpha value is -1.09. The molecule has 7 heteroatoms. The molecule has 0 aliphatic heterocycles. The maximum absolute atomic E-state index is 4.53. The molecule has 0 saturated heterocycles. The first-order valence-corrected chi connectivity index (χ1v) is 9.36. The highest BCUT2D eigenvalue weighted by Crippen LogP contribution is 2.16. The Bertz CT molecular complexity index is 677. The van der Waals surface area contributed by atoms with Gasteiger partial charge in [-0.1, -0.05) is 13.8 Å². The van der Waals surface area contributed by atoms with E-state index in [4.69, 9.17) is 0 Å². The van der Waals surface area contributed by atoms with Gasteiger partial charge in [-0.2, -0.15) is 5.10 Å². The largest absolute Gasteiger partial charge is 0.356 e. The van der Waals surface area contributed by atoms with Crippen molar-refractivity contribution in [2.75, 3.05) is 13.6 Å². The molecule has 0 saturated carbocycles. The van der Waals surface area contributed by atoms with E-state index in [1.54, 1.807) is 0 Å². The van der Waals surface area contributed by atoms with Crippen molar-refractivity contribution >= 4 is 41.3 Å². The number of nitrogens with one attached hydrogen (secondary N) is 2. The van der Waals surface area contributed by atoms with Gasteiger partial charge in [-0.15, -0.1) is 35.3 Å². The Morgan fingerprint density at radius 2 is 2.00 bits per heavy atom. The van der Waals surface area contributed by atoms with E-state index in [1.807, 2.05) is 25.3 Å². The van der Waals surface area contributed by atoms with Gasteiger partial charge in [-0.25, -0.2) is 0 Å². The second-order valence-corrected chi connectivity index (χ2v) is 7.50.